The highest BCUT2D eigenvalue weighted by atomic mass is 19.1. The molecule has 0 saturated heterocycles. The van der Waals surface area contributed by atoms with Gasteiger partial charge in [0.05, 0.1) is 25.4 Å². The number of ether oxygens (including phenoxy) is 2. The number of imidazole rings is 1. The predicted molar refractivity (Wildman–Crippen MR) is 139 cm³/mol. The third-order valence-electron chi connectivity index (χ3n) is 5.98. The molecule has 36 heavy (non-hydrogen) atoms. The largest absolute Gasteiger partial charge is 0.497 e. The quantitative estimate of drug-likeness (QED) is 0.424. The minimum absolute atomic E-state index is 0.146. The normalized spacial score (nSPS) is 13.3. The van der Waals surface area contributed by atoms with E-state index in [0.717, 1.165) is 22.6 Å². The van der Waals surface area contributed by atoms with Gasteiger partial charge in [0, 0.05) is 32.0 Å². The molecule has 2 aromatic carbocycles. The van der Waals surface area contributed by atoms with Crippen LogP contribution in [0.1, 0.15) is 38.2 Å². The minimum Gasteiger partial charge on any atom is -0.497 e. The van der Waals surface area contributed by atoms with E-state index in [4.69, 9.17) is 20.2 Å². The van der Waals surface area contributed by atoms with E-state index < -0.39 is 17.6 Å². The lowest BCUT2D eigenvalue weighted by molar-refractivity contribution is -0.141. The summed E-state index contributed by atoms with van der Waals surface area (Å²) in [6, 6.07) is 17.2. The summed E-state index contributed by atoms with van der Waals surface area (Å²) in [5.74, 6) is 1.07. The summed E-state index contributed by atoms with van der Waals surface area (Å²) >= 11 is 0. The zero-order valence-electron chi connectivity index (χ0n) is 21.8. The molecular formula is C28H37FN4O3. The van der Waals surface area contributed by atoms with E-state index >= 15 is 0 Å². The number of methoxy groups -OCH3 is 2. The summed E-state index contributed by atoms with van der Waals surface area (Å²) < 4.78 is 27.2. The van der Waals surface area contributed by atoms with Gasteiger partial charge < -0.3 is 24.7 Å². The van der Waals surface area contributed by atoms with Crippen LogP contribution >= 0.6 is 0 Å². The van der Waals surface area contributed by atoms with Gasteiger partial charge in [-0.1, -0.05) is 63.2 Å². The second-order valence-electron chi connectivity index (χ2n) is 9.91. The number of halogens is 1. The smallest absolute Gasteiger partial charge is 0.249 e. The van der Waals surface area contributed by atoms with Crippen molar-refractivity contribution in [2.45, 2.75) is 39.5 Å². The number of aromatic nitrogens is 2. The van der Waals surface area contributed by atoms with Gasteiger partial charge in [-0.25, -0.2) is 9.37 Å². The molecule has 0 aliphatic heterocycles. The van der Waals surface area contributed by atoms with Crippen molar-refractivity contribution in [2.24, 2.45) is 11.1 Å². The summed E-state index contributed by atoms with van der Waals surface area (Å²) in [5, 5.41) is 0. The molecular weight excluding hydrogens is 459 g/mol. The predicted octanol–water partition coefficient (Wildman–Crippen LogP) is 4.47. The molecule has 0 bridgehead atoms. The van der Waals surface area contributed by atoms with E-state index in [0.29, 0.717) is 12.4 Å². The molecule has 0 radical (unpaired) electrons. The summed E-state index contributed by atoms with van der Waals surface area (Å²) in [4.78, 5) is 19.8. The number of alkyl halides is 1. The number of rotatable bonds is 11. The van der Waals surface area contributed by atoms with E-state index in [2.05, 4.69) is 0 Å². The Balaban J connectivity index is 2.19. The summed E-state index contributed by atoms with van der Waals surface area (Å²) in [6.45, 7) is 6.12. The monoisotopic (exact) mass is 496 g/mol. The molecule has 1 aromatic heterocycles. The van der Waals surface area contributed by atoms with E-state index in [-0.39, 0.29) is 25.6 Å². The van der Waals surface area contributed by atoms with Crippen LogP contribution in [0, 0.1) is 5.41 Å². The van der Waals surface area contributed by atoms with E-state index in [1.807, 2.05) is 86.1 Å². The number of hydrogen-bond acceptors (Lipinski definition) is 5. The van der Waals surface area contributed by atoms with E-state index in [1.165, 1.54) is 12.0 Å². The molecule has 1 heterocycles. The van der Waals surface area contributed by atoms with E-state index in [9.17, 15) is 9.18 Å². The molecule has 0 saturated carbocycles. The molecule has 2 N–H and O–H groups in total. The molecule has 0 aliphatic rings. The number of carbonyl (C=O) groups excluding carboxylic acids is 1. The molecule has 7 nitrogen and oxygen atoms in total. The molecule has 3 aromatic rings. The lowest BCUT2D eigenvalue weighted by atomic mass is 9.84. The Hall–Kier alpha value is -3.23. The fourth-order valence-electron chi connectivity index (χ4n) is 4.32. The second kappa shape index (κ2) is 12.1. The third kappa shape index (κ3) is 6.71. The van der Waals surface area contributed by atoms with Gasteiger partial charge in [0.15, 0.2) is 0 Å². The third-order valence-corrected chi connectivity index (χ3v) is 5.98. The van der Waals surface area contributed by atoms with Gasteiger partial charge in [-0.05, 0) is 23.1 Å². The van der Waals surface area contributed by atoms with Gasteiger partial charge in [0.25, 0.3) is 0 Å². The fraction of sp³-hybridized carbons (Fsp3) is 0.429. The van der Waals surface area contributed by atoms with Crippen molar-refractivity contribution in [1.82, 2.24) is 14.5 Å². The Bertz CT molecular complexity index is 1130. The van der Waals surface area contributed by atoms with Crippen LogP contribution in [0.15, 0.2) is 60.8 Å². The van der Waals surface area contributed by atoms with Gasteiger partial charge in [0.2, 0.25) is 5.91 Å². The molecule has 0 spiro atoms. The van der Waals surface area contributed by atoms with Gasteiger partial charge in [-0.15, -0.1) is 0 Å². The van der Waals surface area contributed by atoms with Crippen LogP contribution in [-0.2, 0) is 16.1 Å². The van der Waals surface area contributed by atoms with Crippen LogP contribution in [-0.4, -0.2) is 60.4 Å². The summed E-state index contributed by atoms with van der Waals surface area (Å²) in [6.07, 6.45) is 0.607. The molecule has 194 valence electrons. The van der Waals surface area contributed by atoms with Gasteiger partial charge in [0.1, 0.15) is 24.4 Å². The zero-order chi connectivity index (χ0) is 26.3. The first-order valence-electron chi connectivity index (χ1n) is 12.1. The van der Waals surface area contributed by atoms with Crippen LogP contribution in [0.4, 0.5) is 4.39 Å². The van der Waals surface area contributed by atoms with Gasteiger partial charge in [-0.3, -0.25) is 4.79 Å². The lowest BCUT2D eigenvalue weighted by Crippen LogP contribution is -2.47. The Morgan fingerprint density at radius 2 is 1.86 bits per heavy atom. The topological polar surface area (TPSA) is 82.6 Å². The SMILES string of the molecule is COCC(=O)N(CC(F)CN)[C@@H](c1nc(-c2cccc(OC)c2)cn1Cc1ccccc1)C(C)(C)C. The number of hydrogen-bond donors (Lipinski definition) is 1. The molecule has 0 aliphatic carbocycles. The number of nitrogens with two attached hydrogens (primary N) is 1. The van der Waals surface area contributed by atoms with Crippen molar-refractivity contribution in [2.75, 3.05) is 33.9 Å². The molecule has 1 amide bonds. The van der Waals surface area contributed by atoms with Crippen molar-refractivity contribution in [3.63, 3.8) is 0 Å². The van der Waals surface area contributed by atoms with Crippen molar-refractivity contribution < 1.29 is 18.7 Å². The average molecular weight is 497 g/mol. The highest BCUT2D eigenvalue weighted by Crippen LogP contribution is 2.39. The zero-order valence-corrected chi connectivity index (χ0v) is 21.8. The summed E-state index contributed by atoms with van der Waals surface area (Å²) in [7, 11) is 3.08. The number of carbonyl (C=O) groups is 1. The Morgan fingerprint density at radius 3 is 2.47 bits per heavy atom. The van der Waals surface area contributed by atoms with Crippen molar-refractivity contribution in [1.29, 1.82) is 0 Å². The van der Waals surface area contributed by atoms with Gasteiger partial charge in [-0.2, -0.15) is 0 Å². The molecule has 2 atom stereocenters. The number of nitrogens with zero attached hydrogens (tertiary/aromatic N) is 3. The highest BCUT2D eigenvalue weighted by Gasteiger charge is 2.39. The first-order chi connectivity index (χ1) is 17.2. The highest BCUT2D eigenvalue weighted by molar-refractivity contribution is 5.78. The fourth-order valence-corrected chi connectivity index (χ4v) is 4.32. The maximum atomic E-state index is 14.6. The van der Waals surface area contributed by atoms with Crippen LogP contribution in [0.2, 0.25) is 0 Å². The molecule has 3 rings (SSSR count). The average Bonchev–Trinajstić information content (AvgIpc) is 3.26. The molecule has 0 fully saturated rings. The maximum Gasteiger partial charge on any atom is 0.249 e. The van der Waals surface area contributed by atoms with Crippen LogP contribution in [0.5, 0.6) is 5.75 Å². The van der Waals surface area contributed by atoms with Crippen molar-refractivity contribution >= 4 is 5.91 Å². The Labute approximate surface area is 213 Å². The Kier molecular flexibility index (Phi) is 9.23. The Morgan fingerprint density at radius 1 is 1.14 bits per heavy atom. The first kappa shape index (κ1) is 27.4. The van der Waals surface area contributed by atoms with E-state index in [1.54, 1.807) is 7.11 Å². The van der Waals surface area contributed by atoms with Crippen LogP contribution < -0.4 is 10.5 Å². The number of amides is 1. The van der Waals surface area contributed by atoms with Crippen LogP contribution in [0.3, 0.4) is 0 Å². The molecule has 8 heteroatoms. The van der Waals surface area contributed by atoms with Crippen LogP contribution in [0.25, 0.3) is 11.3 Å². The number of benzene rings is 2. The maximum absolute atomic E-state index is 14.6. The van der Waals surface area contributed by atoms with Crippen molar-refractivity contribution in [3.8, 4) is 17.0 Å². The standard InChI is InChI=1S/C28H37FN4O3/c1-28(2,3)26(33(17-22(29)15-30)25(34)19-35-4)27-31-24(21-12-9-13-23(14-21)36-5)18-32(27)16-20-10-7-6-8-11-20/h6-14,18,22,26H,15-17,19,30H2,1-5H3/t22?,26-/m0/s1. The lowest BCUT2D eigenvalue weighted by Gasteiger charge is -2.40. The first-order valence-corrected chi connectivity index (χ1v) is 12.1. The minimum atomic E-state index is -1.37. The molecule has 1 unspecified atom stereocenters. The van der Waals surface area contributed by atoms with Crippen molar-refractivity contribution in [3.05, 3.63) is 72.2 Å². The second-order valence-corrected chi connectivity index (χ2v) is 9.91. The van der Waals surface area contributed by atoms with Gasteiger partial charge >= 0.3 is 0 Å². The summed E-state index contributed by atoms with van der Waals surface area (Å²) in [5.41, 5.74) is 7.84.